The molecular formula is C9H16N4. The minimum Gasteiger partial charge on any atom is -0.356 e. The molecule has 2 aliphatic rings. The normalized spacial score (nSPS) is 28.8. The molecule has 0 aromatic carbocycles. The highest BCUT2D eigenvalue weighted by atomic mass is 15.2. The fourth-order valence-electron chi connectivity index (χ4n) is 1.75. The minimum atomic E-state index is 0.100. The lowest BCUT2D eigenvalue weighted by Gasteiger charge is -2.33. The lowest BCUT2D eigenvalue weighted by molar-refractivity contribution is 0.346. The fourth-order valence-corrected chi connectivity index (χ4v) is 1.75. The summed E-state index contributed by atoms with van der Waals surface area (Å²) in [5.41, 5.74) is 5.97. The molecule has 0 radical (unpaired) electrons. The molecule has 1 atom stereocenters. The quantitative estimate of drug-likeness (QED) is 0.530. The van der Waals surface area contributed by atoms with Gasteiger partial charge in [0.2, 0.25) is 0 Å². The third-order valence-corrected chi connectivity index (χ3v) is 2.47. The lowest BCUT2D eigenvalue weighted by Crippen LogP contribution is -2.52. The molecule has 0 saturated carbocycles. The molecule has 2 aliphatic heterocycles. The average molecular weight is 180 g/mol. The van der Waals surface area contributed by atoms with E-state index in [0.29, 0.717) is 0 Å². The Bertz CT molecular complexity index is 228. The number of rotatable bonds is 0. The van der Waals surface area contributed by atoms with Gasteiger partial charge < -0.3 is 16.0 Å². The van der Waals surface area contributed by atoms with Crippen LogP contribution in [0.1, 0.15) is 6.42 Å². The van der Waals surface area contributed by atoms with Crippen LogP contribution in [0.15, 0.2) is 17.3 Å². The zero-order valence-corrected chi connectivity index (χ0v) is 7.74. The molecule has 0 spiro atoms. The Hall–Kier alpha value is -0.870. The minimum absolute atomic E-state index is 0.100. The van der Waals surface area contributed by atoms with Crippen LogP contribution in [0, 0.1) is 0 Å². The second-order valence-electron chi connectivity index (χ2n) is 3.45. The maximum atomic E-state index is 5.97. The number of hydrogen-bond donors (Lipinski definition) is 2. The topological polar surface area (TPSA) is 53.6 Å². The fraction of sp³-hybridized carbons (Fsp3) is 0.667. The number of aliphatic imine (C=N–C) groups is 1. The Morgan fingerprint density at radius 2 is 2.23 bits per heavy atom. The van der Waals surface area contributed by atoms with Crippen molar-refractivity contribution in [1.82, 2.24) is 10.2 Å². The standard InChI is InChI=1S/C9H16N4/c10-8-2-1-3-12-9(8)13-6-4-11-5-7-13/h1,3,8,11H,2,4-7,10H2. The molecule has 0 bridgehead atoms. The summed E-state index contributed by atoms with van der Waals surface area (Å²) < 4.78 is 0. The maximum absolute atomic E-state index is 5.97. The highest BCUT2D eigenvalue weighted by Crippen LogP contribution is 2.07. The lowest BCUT2D eigenvalue weighted by atomic mass is 10.1. The second-order valence-corrected chi connectivity index (χ2v) is 3.45. The van der Waals surface area contributed by atoms with Gasteiger partial charge in [0, 0.05) is 32.4 Å². The maximum Gasteiger partial charge on any atom is 0.121 e. The van der Waals surface area contributed by atoms with Crippen LogP contribution < -0.4 is 11.1 Å². The molecule has 0 amide bonds. The van der Waals surface area contributed by atoms with Gasteiger partial charge in [-0.1, -0.05) is 6.08 Å². The molecule has 1 fully saturated rings. The third kappa shape index (κ3) is 1.89. The summed E-state index contributed by atoms with van der Waals surface area (Å²) in [6.45, 7) is 4.13. The molecule has 2 heterocycles. The first kappa shape index (κ1) is 8.72. The Balaban J connectivity index is 2.04. The van der Waals surface area contributed by atoms with Crippen molar-refractivity contribution in [3.05, 3.63) is 12.3 Å². The largest absolute Gasteiger partial charge is 0.356 e. The molecule has 4 heteroatoms. The van der Waals surface area contributed by atoms with Gasteiger partial charge in [0.15, 0.2) is 0 Å². The van der Waals surface area contributed by atoms with Gasteiger partial charge in [0.25, 0.3) is 0 Å². The first-order valence-electron chi connectivity index (χ1n) is 4.82. The second kappa shape index (κ2) is 3.89. The van der Waals surface area contributed by atoms with E-state index in [1.165, 1.54) is 0 Å². The van der Waals surface area contributed by atoms with E-state index in [4.69, 9.17) is 5.73 Å². The summed E-state index contributed by atoms with van der Waals surface area (Å²) in [6, 6.07) is 0.100. The highest BCUT2D eigenvalue weighted by Gasteiger charge is 2.20. The van der Waals surface area contributed by atoms with Crippen molar-refractivity contribution in [3.8, 4) is 0 Å². The van der Waals surface area contributed by atoms with Gasteiger partial charge in [0.1, 0.15) is 5.84 Å². The SMILES string of the molecule is NC1CC=CN=C1N1CCNCC1. The van der Waals surface area contributed by atoms with Crippen LogP contribution in [0.4, 0.5) is 0 Å². The van der Waals surface area contributed by atoms with Gasteiger partial charge in [0.05, 0.1) is 6.04 Å². The van der Waals surface area contributed by atoms with Gasteiger partial charge in [-0.15, -0.1) is 0 Å². The first-order valence-corrected chi connectivity index (χ1v) is 4.82. The molecule has 0 aliphatic carbocycles. The zero-order chi connectivity index (χ0) is 9.10. The van der Waals surface area contributed by atoms with E-state index in [-0.39, 0.29) is 6.04 Å². The molecule has 1 saturated heterocycles. The molecule has 4 nitrogen and oxygen atoms in total. The molecule has 0 aromatic rings. The number of amidine groups is 1. The van der Waals surface area contributed by atoms with E-state index in [1.54, 1.807) is 0 Å². The van der Waals surface area contributed by atoms with Crippen LogP contribution in [0.25, 0.3) is 0 Å². The molecule has 3 N–H and O–H groups in total. The number of piperazine rings is 1. The third-order valence-electron chi connectivity index (χ3n) is 2.47. The highest BCUT2D eigenvalue weighted by molar-refractivity contribution is 5.88. The van der Waals surface area contributed by atoms with Crippen molar-refractivity contribution in [3.63, 3.8) is 0 Å². The summed E-state index contributed by atoms with van der Waals surface area (Å²) >= 11 is 0. The Kier molecular flexibility index (Phi) is 2.61. The van der Waals surface area contributed by atoms with E-state index in [0.717, 1.165) is 38.4 Å². The molecule has 13 heavy (non-hydrogen) atoms. The molecule has 2 rings (SSSR count). The predicted octanol–water partition coefficient (Wildman–Crippen LogP) is -0.465. The summed E-state index contributed by atoms with van der Waals surface area (Å²) in [5, 5.41) is 3.31. The Morgan fingerprint density at radius 1 is 1.46 bits per heavy atom. The van der Waals surface area contributed by atoms with Gasteiger partial charge >= 0.3 is 0 Å². The Morgan fingerprint density at radius 3 is 2.92 bits per heavy atom. The van der Waals surface area contributed by atoms with Crippen LogP contribution in [-0.4, -0.2) is 43.0 Å². The summed E-state index contributed by atoms with van der Waals surface area (Å²) in [4.78, 5) is 6.63. The average Bonchev–Trinajstić information content (AvgIpc) is 2.20. The van der Waals surface area contributed by atoms with Crippen LogP contribution in [0.2, 0.25) is 0 Å². The summed E-state index contributed by atoms with van der Waals surface area (Å²) in [6.07, 6.45) is 4.81. The van der Waals surface area contributed by atoms with Gasteiger partial charge in [-0.05, 0) is 6.42 Å². The smallest absolute Gasteiger partial charge is 0.121 e. The summed E-state index contributed by atoms with van der Waals surface area (Å²) in [7, 11) is 0. The predicted molar refractivity (Wildman–Crippen MR) is 53.6 cm³/mol. The number of nitrogens with one attached hydrogen (secondary N) is 1. The number of nitrogens with two attached hydrogens (primary N) is 1. The van der Waals surface area contributed by atoms with Crippen LogP contribution >= 0.6 is 0 Å². The monoisotopic (exact) mass is 180 g/mol. The van der Waals surface area contributed by atoms with Crippen molar-refractivity contribution in [2.75, 3.05) is 26.2 Å². The van der Waals surface area contributed by atoms with Crippen molar-refractivity contribution in [2.45, 2.75) is 12.5 Å². The number of nitrogens with zero attached hydrogens (tertiary/aromatic N) is 2. The van der Waals surface area contributed by atoms with Gasteiger partial charge in [-0.3, -0.25) is 0 Å². The molecular weight excluding hydrogens is 164 g/mol. The van der Waals surface area contributed by atoms with Crippen LogP contribution in [-0.2, 0) is 0 Å². The number of hydrogen-bond acceptors (Lipinski definition) is 4. The zero-order valence-electron chi connectivity index (χ0n) is 7.74. The Labute approximate surface area is 78.5 Å². The van der Waals surface area contributed by atoms with Crippen molar-refractivity contribution in [2.24, 2.45) is 10.7 Å². The van der Waals surface area contributed by atoms with E-state index in [1.807, 2.05) is 12.3 Å². The van der Waals surface area contributed by atoms with Crippen molar-refractivity contribution < 1.29 is 0 Å². The van der Waals surface area contributed by atoms with Crippen LogP contribution in [0.5, 0.6) is 0 Å². The molecule has 0 aromatic heterocycles. The van der Waals surface area contributed by atoms with E-state index in [2.05, 4.69) is 15.2 Å². The van der Waals surface area contributed by atoms with Gasteiger partial charge in [-0.25, -0.2) is 4.99 Å². The van der Waals surface area contributed by atoms with Gasteiger partial charge in [-0.2, -0.15) is 0 Å². The van der Waals surface area contributed by atoms with Crippen LogP contribution in [0.3, 0.4) is 0 Å². The van der Waals surface area contributed by atoms with E-state index < -0.39 is 0 Å². The summed E-state index contributed by atoms with van der Waals surface area (Å²) in [5.74, 6) is 1.06. The first-order chi connectivity index (χ1) is 6.38. The molecule has 1 unspecified atom stereocenters. The molecule has 72 valence electrons. The van der Waals surface area contributed by atoms with Crippen molar-refractivity contribution in [1.29, 1.82) is 0 Å². The van der Waals surface area contributed by atoms with Crippen molar-refractivity contribution >= 4 is 5.84 Å². The van der Waals surface area contributed by atoms with E-state index in [9.17, 15) is 0 Å². The van der Waals surface area contributed by atoms with E-state index >= 15 is 0 Å².